The molecule has 31 heavy (non-hydrogen) atoms. The molecular formula is C27H36O4. The first-order valence-corrected chi connectivity index (χ1v) is 12.0. The summed E-state index contributed by atoms with van der Waals surface area (Å²) in [6.07, 6.45) is 14.7. The predicted molar refractivity (Wildman–Crippen MR) is 120 cm³/mol. The lowest BCUT2D eigenvalue weighted by Gasteiger charge is -2.56. The molecular weight excluding hydrogens is 388 g/mol. The topological polar surface area (TPSA) is 60.4 Å². The third-order valence-corrected chi connectivity index (χ3v) is 9.19. The molecule has 0 bridgehead atoms. The van der Waals surface area contributed by atoms with Gasteiger partial charge in [-0.15, -0.1) is 0 Å². The Morgan fingerprint density at radius 2 is 1.94 bits per heavy atom. The fraction of sp³-hybridized carbons (Fsp3) is 0.667. The Bertz CT molecular complexity index is 895. The van der Waals surface area contributed by atoms with Crippen molar-refractivity contribution in [3.05, 3.63) is 36.0 Å². The number of Topliss-reactive ketones (excluding diaryl/α,β-unsaturated/α-hetero) is 1. The van der Waals surface area contributed by atoms with Gasteiger partial charge < -0.3 is 4.74 Å². The van der Waals surface area contributed by atoms with Gasteiger partial charge in [0.25, 0.3) is 0 Å². The summed E-state index contributed by atoms with van der Waals surface area (Å²) >= 11 is 0. The minimum atomic E-state index is -1.04. The van der Waals surface area contributed by atoms with E-state index in [4.69, 9.17) is 4.74 Å². The van der Waals surface area contributed by atoms with Gasteiger partial charge in [-0.2, -0.15) is 0 Å². The summed E-state index contributed by atoms with van der Waals surface area (Å²) in [4.78, 5) is 37.9. The maximum absolute atomic E-state index is 13.2. The molecule has 4 nitrogen and oxygen atoms in total. The summed E-state index contributed by atoms with van der Waals surface area (Å²) in [5.74, 6) is 0.755. The summed E-state index contributed by atoms with van der Waals surface area (Å²) in [7, 11) is 0. The molecule has 4 heteroatoms. The molecule has 0 saturated heterocycles. The van der Waals surface area contributed by atoms with E-state index in [1.54, 1.807) is 19.1 Å². The van der Waals surface area contributed by atoms with E-state index in [0.29, 0.717) is 18.3 Å². The van der Waals surface area contributed by atoms with E-state index in [2.05, 4.69) is 45.9 Å². The largest absolute Gasteiger partial charge is 0.450 e. The molecule has 2 fully saturated rings. The van der Waals surface area contributed by atoms with Gasteiger partial charge in [0, 0.05) is 23.2 Å². The van der Waals surface area contributed by atoms with E-state index < -0.39 is 5.60 Å². The van der Waals surface area contributed by atoms with Crippen LogP contribution in [0, 0.1) is 34.5 Å². The number of ketones is 2. The molecule has 4 rings (SSSR count). The minimum Gasteiger partial charge on any atom is -0.450 e. The first kappa shape index (κ1) is 22.2. The van der Waals surface area contributed by atoms with Crippen molar-refractivity contribution in [2.45, 2.75) is 78.7 Å². The van der Waals surface area contributed by atoms with Crippen molar-refractivity contribution in [3.8, 4) is 0 Å². The van der Waals surface area contributed by atoms with E-state index in [-0.39, 0.29) is 40.2 Å². The first-order chi connectivity index (χ1) is 14.6. The molecule has 0 aromatic heterocycles. The van der Waals surface area contributed by atoms with Crippen LogP contribution in [0.15, 0.2) is 36.0 Å². The van der Waals surface area contributed by atoms with Gasteiger partial charge in [0.2, 0.25) is 0 Å². The lowest BCUT2D eigenvalue weighted by molar-refractivity contribution is -0.192. The van der Waals surface area contributed by atoms with Crippen molar-refractivity contribution < 1.29 is 19.1 Å². The number of hydrogen-bond acceptors (Lipinski definition) is 4. The molecule has 4 aliphatic carbocycles. The highest BCUT2D eigenvalue weighted by Gasteiger charge is 2.70. The van der Waals surface area contributed by atoms with E-state index in [0.717, 1.165) is 37.7 Å². The average molecular weight is 425 g/mol. The van der Waals surface area contributed by atoms with Gasteiger partial charge in [0.1, 0.15) is 0 Å². The van der Waals surface area contributed by atoms with E-state index in [9.17, 15) is 14.4 Å². The van der Waals surface area contributed by atoms with E-state index in [1.807, 2.05) is 0 Å². The van der Waals surface area contributed by atoms with Gasteiger partial charge in [0.15, 0.2) is 17.2 Å². The molecule has 0 N–H and O–H groups in total. The number of carbonyl (C=O) groups excluding carboxylic acids is 3. The monoisotopic (exact) mass is 424 g/mol. The number of hydrogen-bond donors (Lipinski definition) is 0. The highest BCUT2D eigenvalue weighted by molar-refractivity contribution is 6.01. The number of rotatable bonds is 5. The van der Waals surface area contributed by atoms with Gasteiger partial charge in [0.05, 0.1) is 0 Å². The molecule has 7 atom stereocenters. The normalized spacial score (nSPS) is 43.0. The van der Waals surface area contributed by atoms with Crippen LogP contribution in [0.4, 0.5) is 0 Å². The molecule has 0 aromatic carbocycles. The van der Waals surface area contributed by atoms with Crippen LogP contribution in [0.5, 0.6) is 0 Å². The van der Waals surface area contributed by atoms with Crippen molar-refractivity contribution in [1.82, 2.24) is 0 Å². The molecule has 0 aliphatic heterocycles. The Balaban J connectivity index is 1.72. The fourth-order valence-electron chi connectivity index (χ4n) is 7.57. The first-order valence-electron chi connectivity index (χ1n) is 12.0. The molecule has 0 aromatic rings. The van der Waals surface area contributed by atoms with Crippen LogP contribution in [0.2, 0.25) is 0 Å². The van der Waals surface area contributed by atoms with Crippen molar-refractivity contribution in [3.63, 3.8) is 0 Å². The van der Waals surface area contributed by atoms with Crippen LogP contribution >= 0.6 is 0 Å². The SMILES string of the molecule is CCCCC(=O)O[C@]1(C(C)=O)[C@@H](C)CC2C3C=CC4=CC(=O)C=C[C@]4(C)C3CC[C@@]21C. The number of allylic oxidation sites excluding steroid dienone is 6. The molecule has 2 saturated carbocycles. The fourth-order valence-corrected chi connectivity index (χ4v) is 7.57. The second kappa shape index (κ2) is 7.56. The van der Waals surface area contributed by atoms with Crippen molar-refractivity contribution in [1.29, 1.82) is 0 Å². The zero-order valence-corrected chi connectivity index (χ0v) is 19.6. The number of ether oxygens (including phenoxy) is 1. The number of fused-ring (bicyclic) bond motifs is 5. The summed E-state index contributed by atoms with van der Waals surface area (Å²) in [5, 5.41) is 0. The highest BCUT2D eigenvalue weighted by Crippen LogP contribution is 2.68. The molecule has 0 heterocycles. The van der Waals surface area contributed by atoms with Crippen LogP contribution in [-0.2, 0) is 19.1 Å². The van der Waals surface area contributed by atoms with Crippen LogP contribution < -0.4 is 0 Å². The highest BCUT2D eigenvalue weighted by atomic mass is 16.6. The predicted octanol–water partition coefficient (Wildman–Crippen LogP) is 5.38. The van der Waals surface area contributed by atoms with E-state index >= 15 is 0 Å². The molecule has 3 unspecified atom stereocenters. The summed E-state index contributed by atoms with van der Waals surface area (Å²) < 4.78 is 6.19. The van der Waals surface area contributed by atoms with Gasteiger partial charge >= 0.3 is 5.97 Å². The minimum absolute atomic E-state index is 0.00838. The zero-order valence-electron chi connectivity index (χ0n) is 19.6. The maximum Gasteiger partial charge on any atom is 0.306 e. The molecule has 168 valence electrons. The molecule has 0 radical (unpaired) electrons. The molecule has 4 aliphatic rings. The average Bonchev–Trinajstić information content (AvgIpc) is 2.94. The van der Waals surface area contributed by atoms with Crippen molar-refractivity contribution >= 4 is 17.5 Å². The number of carbonyl (C=O) groups is 3. The van der Waals surface area contributed by atoms with Crippen LogP contribution in [0.25, 0.3) is 0 Å². The van der Waals surface area contributed by atoms with Gasteiger partial charge in [-0.25, -0.2) is 0 Å². The van der Waals surface area contributed by atoms with Gasteiger partial charge in [-0.1, -0.05) is 52.3 Å². The van der Waals surface area contributed by atoms with E-state index in [1.165, 1.54) is 0 Å². The Hall–Kier alpha value is -1.97. The standard InChI is InChI=1S/C27H36O4/c1-6-7-8-24(30)31-27(18(3)28)17(2)15-23-21-10-9-19-16-20(29)11-13-25(19,4)22(21)12-14-26(23,27)5/h9-11,13,16-17,21-23H,6-8,12,14-15H2,1-5H3/t17-,21?,22?,23?,25-,26-,27-/m0/s1. The molecule has 0 spiro atoms. The smallest absolute Gasteiger partial charge is 0.306 e. The third kappa shape index (κ3) is 3.04. The quantitative estimate of drug-likeness (QED) is 0.556. The lowest BCUT2D eigenvalue weighted by Crippen LogP contribution is -2.59. The van der Waals surface area contributed by atoms with Crippen LogP contribution in [0.1, 0.15) is 73.1 Å². The van der Waals surface area contributed by atoms with Crippen molar-refractivity contribution in [2.24, 2.45) is 34.5 Å². The molecule has 0 amide bonds. The Morgan fingerprint density at radius 1 is 1.19 bits per heavy atom. The van der Waals surface area contributed by atoms with Gasteiger partial charge in [-0.05, 0) is 68.1 Å². The number of esters is 1. The lowest BCUT2D eigenvalue weighted by atomic mass is 9.48. The Morgan fingerprint density at radius 3 is 2.61 bits per heavy atom. The van der Waals surface area contributed by atoms with Crippen LogP contribution in [0.3, 0.4) is 0 Å². The Kier molecular flexibility index (Phi) is 5.43. The summed E-state index contributed by atoms with van der Waals surface area (Å²) in [6.45, 7) is 10.2. The van der Waals surface area contributed by atoms with Crippen molar-refractivity contribution in [2.75, 3.05) is 0 Å². The summed E-state index contributed by atoms with van der Waals surface area (Å²) in [5.41, 5.74) is -0.481. The zero-order chi connectivity index (χ0) is 22.6. The van der Waals surface area contributed by atoms with Crippen LogP contribution in [-0.4, -0.2) is 23.1 Å². The summed E-state index contributed by atoms with van der Waals surface area (Å²) in [6, 6.07) is 0. The second-order valence-electron chi connectivity index (χ2n) is 10.7. The second-order valence-corrected chi connectivity index (χ2v) is 10.7. The van der Waals surface area contributed by atoms with Gasteiger partial charge in [-0.3, -0.25) is 14.4 Å². The third-order valence-electron chi connectivity index (χ3n) is 9.19. The maximum atomic E-state index is 13.2. The number of unbranched alkanes of at least 4 members (excludes halogenated alkanes) is 1. The Labute approximate surface area is 186 Å².